The van der Waals surface area contributed by atoms with Gasteiger partial charge in [-0.15, -0.1) is 0 Å². The Kier molecular flexibility index (Phi) is 59.0. The van der Waals surface area contributed by atoms with Crippen LogP contribution in [-0.2, 0) is 29.3 Å². The van der Waals surface area contributed by atoms with Gasteiger partial charge in [-0.05, 0) is 93.9 Å². The Balaban J connectivity index is 0.0000328. The quantitative estimate of drug-likeness (QED) is 0.0273. The van der Waals surface area contributed by atoms with Crippen LogP contribution in [0.5, 0.6) is 0 Å². The third kappa shape index (κ3) is 48.7. The molecule has 2 aromatic rings. The Labute approximate surface area is 517 Å². The van der Waals surface area contributed by atoms with E-state index >= 15 is 0 Å². The molecule has 0 radical (unpaired) electrons. The van der Waals surface area contributed by atoms with E-state index in [9.17, 15) is 0 Å². The number of aliphatic imine (C=N–C) groups is 2. The Morgan fingerprint density at radius 1 is 0.272 bits per heavy atom. The number of allylic oxidation sites excluding steroid dienone is 4. The fraction of sp³-hybridized carbons (Fsp3) is 0.769. The molecule has 2 aromatic carbocycles. The van der Waals surface area contributed by atoms with Crippen LogP contribution in [-0.4, -0.2) is 11.4 Å². The van der Waals surface area contributed by atoms with Gasteiger partial charge in [0.05, 0.1) is 22.8 Å². The van der Waals surface area contributed by atoms with Gasteiger partial charge >= 0.3 is 0 Å². The van der Waals surface area contributed by atoms with Crippen molar-refractivity contribution in [3.63, 3.8) is 0 Å². The molecule has 0 unspecified atom stereocenters. The fourth-order valence-corrected chi connectivity index (χ4v) is 12.0. The van der Waals surface area contributed by atoms with Crippen molar-refractivity contribution >= 4 is 22.8 Å². The molecule has 0 aromatic heterocycles. The van der Waals surface area contributed by atoms with Crippen molar-refractivity contribution in [1.82, 2.24) is 0 Å². The van der Waals surface area contributed by atoms with E-state index in [2.05, 4.69) is 101 Å². The molecule has 0 spiro atoms. The first-order valence-electron chi connectivity index (χ1n) is 36.3. The van der Waals surface area contributed by atoms with Crippen molar-refractivity contribution in [1.29, 1.82) is 0 Å². The standard InChI is InChI=1S/C78H136N2.Ni/c1-5-9-12-15-17-19-21-23-25-27-29-31-33-35-37-39-41-43-45-47-49-51-53-55-57-59-66-73-68-62-64-70-76(73)79-75(8-4)78(72-61-14-11-7-3)80-77-71-65-63-69-74(77)67-60-58-56-54-52-50-48-46-44-42-40-38-36-34-32-30-28-26-24-22-20-18-16-13-10-6-2;/h55-58,62-65,68-71H,5-54,59-61,66-67,72H2,1-4H3;/b57-55+,58-56+,79-75?,80-78?;. The SMILES string of the molecule is CCCCCCCCCCCCCCCCCCCCCCCC/C=C/CCc1ccccc1N=C(CC)C(CCCCCC)=Nc1ccccc1CC/C=C/CCCCCCCCCCCCCCCCCCCCCCCC.[Ni]. The number of benzene rings is 2. The summed E-state index contributed by atoms with van der Waals surface area (Å²) in [4.78, 5) is 10.9. The van der Waals surface area contributed by atoms with E-state index in [-0.39, 0.29) is 16.5 Å². The zero-order chi connectivity index (χ0) is 57.0. The van der Waals surface area contributed by atoms with Crippen molar-refractivity contribution < 1.29 is 16.5 Å². The van der Waals surface area contributed by atoms with Gasteiger partial charge in [0.2, 0.25) is 0 Å². The molecule has 0 atom stereocenters. The first-order valence-corrected chi connectivity index (χ1v) is 36.3. The van der Waals surface area contributed by atoms with Gasteiger partial charge in [-0.3, -0.25) is 9.98 Å². The summed E-state index contributed by atoms with van der Waals surface area (Å²) in [5, 5.41) is 0. The molecule has 0 aliphatic carbocycles. The van der Waals surface area contributed by atoms with Crippen LogP contribution in [0, 0.1) is 0 Å². The summed E-state index contributed by atoms with van der Waals surface area (Å²) in [6.45, 7) is 9.20. The molecule has 2 nitrogen and oxygen atoms in total. The molecule has 3 heteroatoms. The number of hydrogen-bond acceptors (Lipinski definition) is 2. The summed E-state index contributed by atoms with van der Waals surface area (Å²) in [5.74, 6) is 0. The topological polar surface area (TPSA) is 24.7 Å². The van der Waals surface area contributed by atoms with Crippen LogP contribution in [0.1, 0.15) is 386 Å². The molecular formula is C78H136N2Ni. The van der Waals surface area contributed by atoms with Crippen LogP contribution >= 0.6 is 0 Å². The number of unbranched alkanes of at least 4 members (excludes halogenated alkanes) is 47. The largest absolute Gasteiger partial charge is 0.251 e. The van der Waals surface area contributed by atoms with E-state index < -0.39 is 0 Å². The summed E-state index contributed by atoms with van der Waals surface area (Å²) in [6.07, 6.45) is 86.8. The average molecular weight is 1160 g/mol. The van der Waals surface area contributed by atoms with Gasteiger partial charge in [-0.2, -0.15) is 0 Å². The van der Waals surface area contributed by atoms with E-state index in [0.29, 0.717) is 0 Å². The molecule has 0 saturated carbocycles. The zero-order valence-electron chi connectivity index (χ0n) is 54.7. The molecule has 0 fully saturated rings. The summed E-state index contributed by atoms with van der Waals surface area (Å²) >= 11 is 0. The first kappa shape index (κ1) is 76.8. The van der Waals surface area contributed by atoms with E-state index in [1.54, 1.807) is 0 Å². The maximum absolute atomic E-state index is 5.48. The van der Waals surface area contributed by atoms with Gasteiger partial charge in [0.25, 0.3) is 0 Å². The van der Waals surface area contributed by atoms with Crippen LogP contribution in [0.2, 0.25) is 0 Å². The van der Waals surface area contributed by atoms with Crippen LogP contribution in [0.3, 0.4) is 0 Å². The maximum Gasteiger partial charge on any atom is 0.0665 e. The summed E-state index contributed by atoms with van der Waals surface area (Å²) in [5.41, 5.74) is 7.32. The van der Waals surface area contributed by atoms with E-state index in [1.807, 2.05) is 0 Å². The Morgan fingerprint density at radius 3 is 0.790 bits per heavy atom. The van der Waals surface area contributed by atoms with Gasteiger partial charge in [-0.1, -0.05) is 377 Å². The molecule has 0 bridgehead atoms. The minimum atomic E-state index is 0. The number of aryl methyl sites for hydroxylation is 2. The van der Waals surface area contributed by atoms with Crippen LogP contribution < -0.4 is 0 Å². The van der Waals surface area contributed by atoms with Gasteiger partial charge in [0.15, 0.2) is 0 Å². The summed E-state index contributed by atoms with van der Waals surface area (Å²) < 4.78 is 0. The number of para-hydroxylation sites is 2. The molecule has 0 heterocycles. The third-order valence-corrected chi connectivity index (χ3v) is 17.4. The molecule has 0 amide bonds. The van der Waals surface area contributed by atoms with Crippen molar-refractivity contribution in [3.05, 3.63) is 84.0 Å². The molecule has 0 aliphatic rings. The van der Waals surface area contributed by atoms with Gasteiger partial charge in [0.1, 0.15) is 0 Å². The second-order valence-corrected chi connectivity index (χ2v) is 25.0. The Bertz CT molecular complexity index is 1720. The van der Waals surface area contributed by atoms with Crippen LogP contribution in [0.4, 0.5) is 11.4 Å². The fourth-order valence-electron chi connectivity index (χ4n) is 12.0. The van der Waals surface area contributed by atoms with Crippen molar-refractivity contribution in [3.8, 4) is 0 Å². The van der Waals surface area contributed by atoms with E-state index in [1.165, 1.54) is 338 Å². The number of rotatable bonds is 61. The summed E-state index contributed by atoms with van der Waals surface area (Å²) in [6, 6.07) is 17.8. The van der Waals surface area contributed by atoms with Gasteiger partial charge in [-0.25, -0.2) is 0 Å². The van der Waals surface area contributed by atoms with Crippen LogP contribution in [0.25, 0.3) is 0 Å². The number of nitrogens with zero attached hydrogens (tertiary/aromatic N) is 2. The van der Waals surface area contributed by atoms with Crippen molar-refractivity contribution in [2.45, 2.75) is 387 Å². The molecule has 0 N–H and O–H groups in total. The predicted molar refractivity (Wildman–Crippen MR) is 365 cm³/mol. The van der Waals surface area contributed by atoms with Crippen molar-refractivity contribution in [2.75, 3.05) is 0 Å². The zero-order valence-corrected chi connectivity index (χ0v) is 55.7. The second kappa shape index (κ2) is 62.3. The van der Waals surface area contributed by atoms with Crippen LogP contribution in [0.15, 0.2) is 82.8 Å². The molecule has 81 heavy (non-hydrogen) atoms. The minimum Gasteiger partial charge on any atom is -0.251 e. The molecule has 0 aliphatic heterocycles. The predicted octanol–water partition coefficient (Wildman–Crippen LogP) is 27.9. The van der Waals surface area contributed by atoms with Gasteiger partial charge in [0, 0.05) is 16.5 Å². The molecule has 2 rings (SSSR count). The minimum absolute atomic E-state index is 0. The molecular weight excluding hydrogens is 1020 g/mol. The Hall–Kier alpha value is -2.25. The van der Waals surface area contributed by atoms with E-state index in [4.69, 9.17) is 9.98 Å². The molecule has 0 saturated heterocycles. The molecule has 468 valence electrons. The monoisotopic (exact) mass is 1160 g/mol. The smallest absolute Gasteiger partial charge is 0.0665 e. The Morgan fingerprint density at radius 2 is 0.506 bits per heavy atom. The van der Waals surface area contributed by atoms with E-state index in [0.717, 1.165) is 55.6 Å². The summed E-state index contributed by atoms with van der Waals surface area (Å²) in [7, 11) is 0. The number of hydrogen-bond donors (Lipinski definition) is 0. The van der Waals surface area contributed by atoms with Gasteiger partial charge < -0.3 is 0 Å². The second-order valence-electron chi connectivity index (χ2n) is 25.0. The average Bonchev–Trinajstić information content (AvgIpc) is 3.48. The maximum atomic E-state index is 5.48. The third-order valence-electron chi connectivity index (χ3n) is 17.4. The van der Waals surface area contributed by atoms with Crippen molar-refractivity contribution in [2.24, 2.45) is 9.98 Å². The normalized spacial score (nSPS) is 12.2. The first-order chi connectivity index (χ1) is 39.7.